The van der Waals surface area contributed by atoms with Crippen molar-refractivity contribution in [2.45, 2.75) is 13.0 Å². The zero-order valence-electron chi connectivity index (χ0n) is 7.69. The van der Waals surface area contributed by atoms with Crippen LogP contribution in [-0.4, -0.2) is 11.9 Å². The highest BCUT2D eigenvalue weighted by Crippen LogP contribution is 2.16. The minimum absolute atomic E-state index is 0.516. The van der Waals surface area contributed by atoms with E-state index in [0.717, 1.165) is 0 Å². The molecule has 1 aromatic carbocycles. The van der Waals surface area contributed by atoms with Crippen LogP contribution in [0.4, 0.5) is 0 Å². The van der Waals surface area contributed by atoms with E-state index in [0.29, 0.717) is 5.56 Å². The average Bonchev–Trinajstić information content (AvgIpc) is 2.15. The molecule has 73 valence electrons. The molecular weight excluding hydrogens is 182 g/mol. The number of rotatable bonds is 3. The third-order valence-electron chi connectivity index (χ3n) is 1.62. The van der Waals surface area contributed by atoms with Crippen molar-refractivity contribution in [1.82, 2.24) is 5.73 Å². The van der Waals surface area contributed by atoms with E-state index in [4.69, 9.17) is 10.5 Å². The molecule has 14 heavy (non-hydrogen) atoms. The van der Waals surface area contributed by atoms with Crippen LogP contribution in [0.5, 0.6) is 0 Å². The fraction of sp³-hybridized carbons (Fsp3) is 0.200. The molecule has 0 spiro atoms. The van der Waals surface area contributed by atoms with Gasteiger partial charge in [0.25, 0.3) is 5.91 Å². The average molecular weight is 192 g/mol. The molecule has 1 N–H and O–H groups in total. The second kappa shape index (κ2) is 4.41. The van der Waals surface area contributed by atoms with Gasteiger partial charge in [0.1, 0.15) is 0 Å². The second-order valence-corrected chi connectivity index (χ2v) is 2.76. The maximum absolute atomic E-state index is 10.9. The first kappa shape index (κ1) is 10.2. The Hall–Kier alpha value is -1.84. The van der Waals surface area contributed by atoms with Gasteiger partial charge in [-0.2, -0.15) is 0 Å². The summed E-state index contributed by atoms with van der Waals surface area (Å²) in [5.41, 5.74) is 7.47. The van der Waals surface area contributed by atoms with Gasteiger partial charge < -0.3 is 4.74 Å². The monoisotopic (exact) mass is 192 g/mol. The minimum atomic E-state index is -1.10. The fourth-order valence-electron chi connectivity index (χ4n) is 1.07. The maximum atomic E-state index is 10.9. The molecule has 0 fully saturated rings. The molecule has 0 aliphatic heterocycles. The van der Waals surface area contributed by atoms with E-state index >= 15 is 0 Å². The summed E-state index contributed by atoms with van der Waals surface area (Å²) in [6, 6.07) is 8.49. The Kier molecular flexibility index (Phi) is 3.23. The van der Waals surface area contributed by atoms with E-state index in [1.165, 1.54) is 6.92 Å². The van der Waals surface area contributed by atoms with Gasteiger partial charge in [-0.1, -0.05) is 30.3 Å². The Balaban J connectivity index is 2.89. The number of benzene rings is 1. The number of nitrogens with one attached hydrogen (secondary N) is 1. The Bertz CT molecular complexity index is 334. The van der Waals surface area contributed by atoms with Gasteiger partial charge in [-0.25, -0.2) is 0 Å². The molecule has 1 rings (SSSR count). The van der Waals surface area contributed by atoms with Gasteiger partial charge in [-0.3, -0.25) is 15.3 Å². The highest BCUT2D eigenvalue weighted by Gasteiger charge is 2.20. The van der Waals surface area contributed by atoms with Gasteiger partial charge >= 0.3 is 5.97 Å². The lowest BCUT2D eigenvalue weighted by Gasteiger charge is -2.12. The fourth-order valence-corrected chi connectivity index (χ4v) is 1.07. The Morgan fingerprint density at radius 3 is 2.29 bits per heavy atom. The molecule has 4 nitrogen and oxygen atoms in total. The van der Waals surface area contributed by atoms with Crippen LogP contribution in [-0.2, 0) is 14.3 Å². The zero-order valence-corrected chi connectivity index (χ0v) is 7.69. The lowest BCUT2D eigenvalue weighted by Crippen LogP contribution is -2.18. The summed E-state index contributed by atoms with van der Waals surface area (Å²) in [7, 11) is 0. The molecule has 1 aromatic rings. The van der Waals surface area contributed by atoms with Crippen LogP contribution in [0, 0.1) is 0 Å². The van der Waals surface area contributed by atoms with Crippen molar-refractivity contribution >= 4 is 11.9 Å². The quantitative estimate of drug-likeness (QED) is 0.673. The first-order chi connectivity index (χ1) is 6.61. The molecule has 1 radical (unpaired) electrons. The number of amides is 1. The molecule has 0 saturated carbocycles. The van der Waals surface area contributed by atoms with E-state index in [-0.39, 0.29) is 0 Å². The predicted octanol–water partition coefficient (Wildman–Crippen LogP) is 1.10. The molecule has 0 heterocycles. The van der Waals surface area contributed by atoms with Gasteiger partial charge in [0.2, 0.25) is 6.10 Å². The van der Waals surface area contributed by atoms with Gasteiger partial charge in [-0.15, -0.1) is 0 Å². The van der Waals surface area contributed by atoms with E-state index in [1.807, 2.05) is 0 Å². The Morgan fingerprint density at radius 1 is 1.29 bits per heavy atom. The lowest BCUT2D eigenvalue weighted by atomic mass is 10.1. The van der Waals surface area contributed by atoms with Gasteiger partial charge in [0.15, 0.2) is 0 Å². The van der Waals surface area contributed by atoms with Crippen molar-refractivity contribution in [2.75, 3.05) is 0 Å². The molecule has 4 heteroatoms. The second-order valence-electron chi connectivity index (χ2n) is 2.76. The van der Waals surface area contributed by atoms with Crippen LogP contribution in [0.1, 0.15) is 18.6 Å². The van der Waals surface area contributed by atoms with Crippen molar-refractivity contribution in [3.8, 4) is 0 Å². The standard InChI is InChI=1S/C10H10NO3/c1-7(12)14-9(10(11)13)8-5-3-2-4-6-8/h2-6,9,11H,1H3. The van der Waals surface area contributed by atoms with Crippen molar-refractivity contribution in [3.05, 3.63) is 35.9 Å². The molecule has 0 bridgehead atoms. The number of hydrogen-bond donors (Lipinski definition) is 0. The summed E-state index contributed by atoms with van der Waals surface area (Å²) in [5.74, 6) is -1.49. The molecule has 0 saturated heterocycles. The van der Waals surface area contributed by atoms with E-state index in [2.05, 4.69) is 0 Å². The summed E-state index contributed by atoms with van der Waals surface area (Å²) >= 11 is 0. The third kappa shape index (κ3) is 2.58. The Labute approximate surface area is 81.7 Å². The first-order valence-electron chi connectivity index (χ1n) is 4.09. The molecule has 0 aliphatic rings. The lowest BCUT2D eigenvalue weighted by molar-refractivity contribution is -0.153. The van der Waals surface area contributed by atoms with Crippen LogP contribution in [0.25, 0.3) is 0 Å². The summed E-state index contributed by atoms with van der Waals surface area (Å²) in [6.45, 7) is 1.21. The molecule has 1 amide bonds. The highest BCUT2D eigenvalue weighted by molar-refractivity contribution is 5.82. The van der Waals surface area contributed by atoms with Crippen LogP contribution >= 0.6 is 0 Å². The van der Waals surface area contributed by atoms with Crippen molar-refractivity contribution in [2.24, 2.45) is 0 Å². The topological polar surface area (TPSA) is 67.2 Å². The van der Waals surface area contributed by atoms with Crippen LogP contribution in [0.15, 0.2) is 30.3 Å². The van der Waals surface area contributed by atoms with E-state index in [1.54, 1.807) is 30.3 Å². The summed E-state index contributed by atoms with van der Waals surface area (Å²) in [4.78, 5) is 21.5. The first-order valence-corrected chi connectivity index (χ1v) is 4.09. The van der Waals surface area contributed by atoms with Crippen LogP contribution in [0.3, 0.4) is 0 Å². The maximum Gasteiger partial charge on any atom is 0.303 e. The number of carbonyl (C=O) groups excluding carboxylic acids is 2. The number of ether oxygens (including phenoxy) is 1. The third-order valence-corrected chi connectivity index (χ3v) is 1.62. The van der Waals surface area contributed by atoms with Gasteiger partial charge in [0.05, 0.1) is 0 Å². The normalized spacial score (nSPS) is 11.8. The van der Waals surface area contributed by atoms with Gasteiger partial charge in [-0.05, 0) is 0 Å². The number of carbonyl (C=O) groups is 2. The van der Waals surface area contributed by atoms with Crippen LogP contribution < -0.4 is 5.73 Å². The highest BCUT2D eigenvalue weighted by atomic mass is 16.5. The van der Waals surface area contributed by atoms with Crippen molar-refractivity contribution < 1.29 is 14.3 Å². The number of esters is 1. The largest absolute Gasteiger partial charge is 0.447 e. The number of hydrogen-bond acceptors (Lipinski definition) is 3. The molecule has 1 atom stereocenters. The SMILES string of the molecule is CC(=O)OC(C([NH])=O)c1ccccc1. The predicted molar refractivity (Wildman–Crippen MR) is 49.1 cm³/mol. The smallest absolute Gasteiger partial charge is 0.303 e. The van der Waals surface area contributed by atoms with E-state index in [9.17, 15) is 9.59 Å². The van der Waals surface area contributed by atoms with Crippen molar-refractivity contribution in [1.29, 1.82) is 0 Å². The van der Waals surface area contributed by atoms with Crippen LogP contribution in [0.2, 0.25) is 0 Å². The minimum Gasteiger partial charge on any atom is -0.447 e. The molecule has 1 unspecified atom stereocenters. The zero-order chi connectivity index (χ0) is 10.6. The molecule has 0 aliphatic carbocycles. The summed E-state index contributed by atoms with van der Waals surface area (Å²) in [6.07, 6.45) is -1.10. The Morgan fingerprint density at radius 2 is 1.86 bits per heavy atom. The van der Waals surface area contributed by atoms with Gasteiger partial charge in [0, 0.05) is 12.5 Å². The summed E-state index contributed by atoms with van der Waals surface area (Å²) in [5, 5.41) is 0. The summed E-state index contributed by atoms with van der Waals surface area (Å²) < 4.78 is 4.72. The molecular formula is C10H10NO3. The van der Waals surface area contributed by atoms with Crippen molar-refractivity contribution in [3.63, 3.8) is 0 Å². The van der Waals surface area contributed by atoms with E-state index < -0.39 is 18.0 Å². The molecule has 0 aromatic heterocycles.